The van der Waals surface area contributed by atoms with Crippen molar-refractivity contribution in [2.45, 2.75) is 25.3 Å². The predicted octanol–water partition coefficient (Wildman–Crippen LogP) is -0.0133. The van der Waals surface area contributed by atoms with Crippen molar-refractivity contribution < 1.29 is 23.1 Å². The van der Waals surface area contributed by atoms with E-state index in [0.29, 0.717) is 19.6 Å². The van der Waals surface area contributed by atoms with Crippen LogP contribution in [0, 0.1) is 0 Å². The van der Waals surface area contributed by atoms with Crippen LogP contribution >= 0.6 is 0 Å². The Morgan fingerprint density at radius 1 is 1.44 bits per heavy atom. The first-order valence-corrected chi connectivity index (χ1v) is 7.92. The summed E-state index contributed by atoms with van der Waals surface area (Å²) in [5, 5.41) is 8.86. The van der Waals surface area contributed by atoms with Gasteiger partial charge in [-0.2, -0.15) is 0 Å². The van der Waals surface area contributed by atoms with Crippen LogP contribution in [0.4, 0.5) is 0 Å². The first kappa shape index (κ1) is 15.4. The largest absolute Gasteiger partial charge is 0.480 e. The number of nitrogens with zero attached hydrogens (tertiary/aromatic N) is 1. The number of carboxylic acid groups (broad SMARTS) is 1. The second kappa shape index (κ2) is 7.06. The van der Waals surface area contributed by atoms with Gasteiger partial charge in [-0.3, -0.25) is 9.69 Å². The third-order valence-electron chi connectivity index (χ3n) is 3.11. The number of hydrogen-bond donors (Lipinski definition) is 1. The molecule has 0 amide bonds. The molecule has 0 aromatic heterocycles. The number of carboxylic acids is 1. The Hall–Kier alpha value is -0.660. The molecule has 0 aromatic carbocycles. The highest BCUT2D eigenvalue weighted by molar-refractivity contribution is 7.91. The average molecular weight is 279 g/mol. The van der Waals surface area contributed by atoms with E-state index in [1.165, 1.54) is 0 Å². The summed E-state index contributed by atoms with van der Waals surface area (Å²) in [5.41, 5.74) is 0. The van der Waals surface area contributed by atoms with Gasteiger partial charge in [0.15, 0.2) is 9.84 Å². The van der Waals surface area contributed by atoms with Crippen molar-refractivity contribution in [3.63, 3.8) is 0 Å². The maximum atomic E-state index is 11.4. The Morgan fingerprint density at radius 2 is 2.17 bits per heavy atom. The molecule has 106 valence electrons. The monoisotopic (exact) mass is 279 g/mol. The van der Waals surface area contributed by atoms with Crippen LogP contribution < -0.4 is 0 Å². The fourth-order valence-corrected chi connectivity index (χ4v) is 3.95. The molecule has 0 aliphatic carbocycles. The van der Waals surface area contributed by atoms with Gasteiger partial charge in [-0.05, 0) is 25.8 Å². The van der Waals surface area contributed by atoms with E-state index < -0.39 is 15.8 Å². The van der Waals surface area contributed by atoms with E-state index in [0.717, 1.165) is 12.8 Å². The van der Waals surface area contributed by atoms with Crippen molar-refractivity contribution in [1.29, 1.82) is 0 Å². The lowest BCUT2D eigenvalue weighted by Crippen LogP contribution is -2.40. The molecule has 1 saturated heterocycles. The lowest BCUT2D eigenvalue weighted by Gasteiger charge is -2.26. The van der Waals surface area contributed by atoms with Gasteiger partial charge in [-0.25, -0.2) is 8.42 Å². The molecule has 1 unspecified atom stereocenters. The number of sulfone groups is 1. The standard InChI is InChI=1S/C11H21NO5S/c1-17-6-3-2-5-12(8-11(13)14)10-4-7-18(15,16)9-10/h10H,2-9H2,1H3,(H,13,14). The number of hydrogen-bond acceptors (Lipinski definition) is 5. The molecule has 0 saturated carbocycles. The van der Waals surface area contributed by atoms with E-state index in [4.69, 9.17) is 9.84 Å². The Balaban J connectivity index is 2.48. The molecule has 7 heteroatoms. The molecule has 1 fully saturated rings. The van der Waals surface area contributed by atoms with Crippen LogP contribution in [0.3, 0.4) is 0 Å². The average Bonchev–Trinajstić information content (AvgIpc) is 2.63. The van der Waals surface area contributed by atoms with Crippen molar-refractivity contribution in [1.82, 2.24) is 4.90 Å². The number of aliphatic carboxylic acids is 1. The highest BCUT2D eigenvalue weighted by Crippen LogP contribution is 2.18. The van der Waals surface area contributed by atoms with Crippen LogP contribution in [0.25, 0.3) is 0 Å². The minimum absolute atomic E-state index is 0.0879. The lowest BCUT2D eigenvalue weighted by molar-refractivity contribution is -0.138. The van der Waals surface area contributed by atoms with E-state index in [9.17, 15) is 13.2 Å². The van der Waals surface area contributed by atoms with Gasteiger partial charge in [-0.15, -0.1) is 0 Å². The van der Waals surface area contributed by atoms with E-state index in [1.54, 1.807) is 12.0 Å². The highest BCUT2D eigenvalue weighted by Gasteiger charge is 2.32. The third-order valence-corrected chi connectivity index (χ3v) is 4.86. The van der Waals surface area contributed by atoms with E-state index in [2.05, 4.69) is 0 Å². The maximum absolute atomic E-state index is 11.4. The molecular formula is C11H21NO5S. The molecule has 1 N–H and O–H groups in total. The highest BCUT2D eigenvalue weighted by atomic mass is 32.2. The number of unbranched alkanes of at least 4 members (excludes halogenated alkanes) is 1. The van der Waals surface area contributed by atoms with Gasteiger partial charge in [-0.1, -0.05) is 0 Å². The molecule has 0 bridgehead atoms. The van der Waals surface area contributed by atoms with Crippen molar-refractivity contribution >= 4 is 15.8 Å². The van der Waals surface area contributed by atoms with Crippen molar-refractivity contribution in [2.24, 2.45) is 0 Å². The number of carbonyl (C=O) groups is 1. The van der Waals surface area contributed by atoms with Crippen LogP contribution in [0.1, 0.15) is 19.3 Å². The van der Waals surface area contributed by atoms with E-state index >= 15 is 0 Å². The molecule has 1 rings (SSSR count). The van der Waals surface area contributed by atoms with Crippen LogP contribution in [0.15, 0.2) is 0 Å². The summed E-state index contributed by atoms with van der Waals surface area (Å²) in [6.07, 6.45) is 2.21. The van der Waals surface area contributed by atoms with Crippen LogP contribution in [-0.2, 0) is 19.4 Å². The second-order valence-corrected chi connectivity index (χ2v) is 6.85. The molecule has 1 aliphatic heterocycles. The predicted molar refractivity (Wildman–Crippen MR) is 67.4 cm³/mol. The van der Waals surface area contributed by atoms with Crippen LogP contribution in [-0.4, -0.2) is 68.7 Å². The summed E-state index contributed by atoms with van der Waals surface area (Å²) in [5.74, 6) is -0.651. The minimum atomic E-state index is -2.97. The topological polar surface area (TPSA) is 83.9 Å². The van der Waals surface area contributed by atoms with Gasteiger partial charge < -0.3 is 9.84 Å². The first-order chi connectivity index (χ1) is 8.44. The van der Waals surface area contributed by atoms with Crippen molar-refractivity contribution in [3.8, 4) is 0 Å². The summed E-state index contributed by atoms with van der Waals surface area (Å²) in [6, 6.07) is -0.145. The quantitative estimate of drug-likeness (QED) is 0.629. The summed E-state index contributed by atoms with van der Waals surface area (Å²) in [6.45, 7) is 1.16. The van der Waals surface area contributed by atoms with E-state index in [-0.39, 0.29) is 24.1 Å². The lowest BCUT2D eigenvalue weighted by atomic mass is 10.2. The third kappa shape index (κ3) is 5.32. The summed E-state index contributed by atoms with van der Waals surface area (Å²) < 4.78 is 27.8. The fourth-order valence-electron chi connectivity index (χ4n) is 2.19. The Bertz CT molecular complexity index is 368. The molecule has 1 heterocycles. The van der Waals surface area contributed by atoms with Crippen LogP contribution in [0.2, 0.25) is 0 Å². The summed E-state index contributed by atoms with van der Waals surface area (Å²) in [4.78, 5) is 12.6. The first-order valence-electron chi connectivity index (χ1n) is 6.10. The molecule has 18 heavy (non-hydrogen) atoms. The van der Waals surface area contributed by atoms with Gasteiger partial charge in [0.05, 0.1) is 18.1 Å². The summed E-state index contributed by atoms with van der Waals surface area (Å²) >= 11 is 0. The van der Waals surface area contributed by atoms with Gasteiger partial charge in [0.25, 0.3) is 0 Å². The number of rotatable bonds is 8. The molecule has 0 spiro atoms. The van der Waals surface area contributed by atoms with Crippen LogP contribution in [0.5, 0.6) is 0 Å². The fraction of sp³-hybridized carbons (Fsp3) is 0.909. The van der Waals surface area contributed by atoms with Gasteiger partial charge >= 0.3 is 5.97 Å². The molecular weight excluding hydrogens is 258 g/mol. The van der Waals surface area contributed by atoms with Gasteiger partial charge in [0.1, 0.15) is 0 Å². The van der Waals surface area contributed by atoms with Gasteiger partial charge in [0.2, 0.25) is 0 Å². The number of methoxy groups -OCH3 is 1. The molecule has 0 aromatic rings. The zero-order valence-electron chi connectivity index (χ0n) is 10.7. The normalized spacial score (nSPS) is 22.4. The smallest absolute Gasteiger partial charge is 0.317 e. The molecule has 0 radical (unpaired) electrons. The Kier molecular flexibility index (Phi) is 6.04. The molecule has 6 nitrogen and oxygen atoms in total. The molecule has 1 aliphatic rings. The SMILES string of the molecule is COCCCCN(CC(=O)O)C1CCS(=O)(=O)C1. The minimum Gasteiger partial charge on any atom is -0.480 e. The zero-order chi connectivity index (χ0) is 13.6. The summed E-state index contributed by atoms with van der Waals surface area (Å²) in [7, 11) is -1.35. The van der Waals surface area contributed by atoms with Crippen molar-refractivity contribution in [2.75, 3.05) is 38.3 Å². The van der Waals surface area contributed by atoms with Gasteiger partial charge in [0, 0.05) is 19.8 Å². The second-order valence-electron chi connectivity index (χ2n) is 4.62. The zero-order valence-corrected chi connectivity index (χ0v) is 11.5. The maximum Gasteiger partial charge on any atom is 0.317 e. The van der Waals surface area contributed by atoms with Crippen molar-refractivity contribution in [3.05, 3.63) is 0 Å². The number of ether oxygens (including phenoxy) is 1. The Morgan fingerprint density at radius 3 is 2.67 bits per heavy atom. The van der Waals surface area contributed by atoms with E-state index in [1.807, 2.05) is 0 Å². The Labute approximate surface area is 108 Å². The molecule has 1 atom stereocenters.